The van der Waals surface area contributed by atoms with Gasteiger partial charge < -0.3 is 10.5 Å². The second kappa shape index (κ2) is 6.10. The first-order valence-corrected chi connectivity index (χ1v) is 7.39. The fourth-order valence-electron chi connectivity index (χ4n) is 2.76. The Hall–Kier alpha value is -1.80. The Bertz CT molecular complexity index is 527. The maximum atomic E-state index is 6.04. The van der Waals surface area contributed by atoms with E-state index in [1.54, 1.807) is 0 Å². The first-order valence-electron chi connectivity index (χ1n) is 7.39. The molecule has 1 saturated carbocycles. The highest BCUT2D eigenvalue weighted by molar-refractivity contribution is 5.63. The Balaban J connectivity index is 1.65. The maximum absolute atomic E-state index is 6.04. The van der Waals surface area contributed by atoms with Crippen LogP contribution in [0.5, 0.6) is 5.75 Å². The molecule has 2 aromatic rings. The predicted octanol–water partition coefficient (Wildman–Crippen LogP) is 4.00. The van der Waals surface area contributed by atoms with Crippen molar-refractivity contribution in [2.24, 2.45) is 5.73 Å². The summed E-state index contributed by atoms with van der Waals surface area (Å²) in [6.07, 6.45) is 4.63. The van der Waals surface area contributed by atoms with Crippen LogP contribution < -0.4 is 10.5 Å². The van der Waals surface area contributed by atoms with E-state index in [0.29, 0.717) is 12.1 Å². The third-order valence-corrected chi connectivity index (χ3v) is 3.98. The number of nitrogens with two attached hydrogens (primary N) is 1. The van der Waals surface area contributed by atoms with Crippen molar-refractivity contribution in [1.82, 2.24) is 0 Å². The van der Waals surface area contributed by atoms with Crippen LogP contribution in [0.2, 0.25) is 0 Å². The molecule has 0 saturated heterocycles. The fraction of sp³-hybridized carbons (Fsp3) is 0.333. The third kappa shape index (κ3) is 3.20. The normalized spacial score (nSPS) is 22.4. The summed E-state index contributed by atoms with van der Waals surface area (Å²) in [4.78, 5) is 0. The standard InChI is InChI=1S/C18H21NO/c19-16-8-12-18(13-9-16)20-17-10-6-15(7-11-17)14-4-2-1-3-5-14/h1-7,10-11,16,18H,8-9,12-13,19H2. The first-order chi connectivity index (χ1) is 9.81. The molecule has 0 radical (unpaired) electrons. The summed E-state index contributed by atoms with van der Waals surface area (Å²) in [6.45, 7) is 0. The lowest BCUT2D eigenvalue weighted by atomic mass is 9.94. The van der Waals surface area contributed by atoms with E-state index in [0.717, 1.165) is 31.4 Å². The Morgan fingerprint density at radius 1 is 0.750 bits per heavy atom. The van der Waals surface area contributed by atoms with Gasteiger partial charge >= 0.3 is 0 Å². The number of rotatable bonds is 3. The van der Waals surface area contributed by atoms with Crippen molar-refractivity contribution >= 4 is 0 Å². The minimum absolute atomic E-state index is 0.331. The van der Waals surface area contributed by atoms with Crippen molar-refractivity contribution in [1.29, 1.82) is 0 Å². The number of ether oxygens (including phenoxy) is 1. The van der Waals surface area contributed by atoms with Crippen molar-refractivity contribution in [3.63, 3.8) is 0 Å². The van der Waals surface area contributed by atoms with Crippen LogP contribution in [0.1, 0.15) is 25.7 Å². The molecule has 0 atom stereocenters. The molecule has 1 aliphatic carbocycles. The molecule has 0 aliphatic heterocycles. The molecule has 3 rings (SSSR count). The van der Waals surface area contributed by atoms with E-state index in [4.69, 9.17) is 10.5 Å². The minimum Gasteiger partial charge on any atom is -0.490 e. The summed E-state index contributed by atoms with van der Waals surface area (Å²) in [5.74, 6) is 0.963. The predicted molar refractivity (Wildman–Crippen MR) is 82.7 cm³/mol. The average Bonchev–Trinajstić information content (AvgIpc) is 2.51. The Kier molecular flexibility index (Phi) is 4.03. The molecule has 0 heterocycles. The van der Waals surface area contributed by atoms with Crippen LogP contribution in [-0.2, 0) is 0 Å². The van der Waals surface area contributed by atoms with Gasteiger partial charge in [-0.1, -0.05) is 42.5 Å². The lowest BCUT2D eigenvalue weighted by Gasteiger charge is -2.26. The maximum Gasteiger partial charge on any atom is 0.119 e. The zero-order valence-electron chi connectivity index (χ0n) is 11.7. The molecule has 2 aromatic carbocycles. The van der Waals surface area contributed by atoms with Crippen molar-refractivity contribution in [3.05, 3.63) is 54.6 Å². The zero-order chi connectivity index (χ0) is 13.8. The molecule has 104 valence electrons. The summed E-state index contributed by atoms with van der Waals surface area (Å²) in [5.41, 5.74) is 8.38. The molecule has 0 unspecified atom stereocenters. The van der Waals surface area contributed by atoms with Gasteiger partial charge in [0.25, 0.3) is 0 Å². The highest BCUT2D eigenvalue weighted by Crippen LogP contribution is 2.26. The highest BCUT2D eigenvalue weighted by atomic mass is 16.5. The van der Waals surface area contributed by atoms with E-state index < -0.39 is 0 Å². The van der Waals surface area contributed by atoms with Crippen molar-refractivity contribution in [3.8, 4) is 16.9 Å². The van der Waals surface area contributed by atoms with Crippen LogP contribution in [0, 0.1) is 0 Å². The fourth-order valence-corrected chi connectivity index (χ4v) is 2.76. The van der Waals surface area contributed by atoms with Crippen LogP contribution in [0.25, 0.3) is 11.1 Å². The first kappa shape index (κ1) is 13.2. The van der Waals surface area contributed by atoms with Gasteiger partial charge in [0.05, 0.1) is 6.10 Å². The second-order valence-corrected chi connectivity index (χ2v) is 5.55. The van der Waals surface area contributed by atoms with Gasteiger partial charge in [0.15, 0.2) is 0 Å². The van der Waals surface area contributed by atoms with Crippen molar-refractivity contribution in [2.45, 2.75) is 37.8 Å². The summed E-state index contributed by atoms with van der Waals surface area (Å²) in [5, 5.41) is 0. The van der Waals surface area contributed by atoms with Gasteiger partial charge in [-0.15, -0.1) is 0 Å². The van der Waals surface area contributed by atoms with Crippen LogP contribution in [-0.4, -0.2) is 12.1 Å². The van der Waals surface area contributed by atoms with E-state index in [1.165, 1.54) is 11.1 Å². The number of hydrogen-bond acceptors (Lipinski definition) is 2. The van der Waals surface area contributed by atoms with Gasteiger partial charge in [0, 0.05) is 6.04 Å². The molecule has 0 bridgehead atoms. The van der Waals surface area contributed by atoms with Crippen LogP contribution >= 0.6 is 0 Å². The summed E-state index contributed by atoms with van der Waals surface area (Å²) in [6, 6.07) is 19.2. The summed E-state index contributed by atoms with van der Waals surface area (Å²) in [7, 11) is 0. The van der Waals surface area contributed by atoms with Crippen LogP contribution in [0.4, 0.5) is 0 Å². The average molecular weight is 267 g/mol. The van der Waals surface area contributed by atoms with E-state index in [2.05, 4.69) is 48.5 Å². The van der Waals surface area contributed by atoms with E-state index in [9.17, 15) is 0 Å². The molecule has 2 N–H and O–H groups in total. The molecule has 0 amide bonds. The topological polar surface area (TPSA) is 35.2 Å². The van der Waals surface area contributed by atoms with Gasteiger partial charge in [0.1, 0.15) is 5.75 Å². The monoisotopic (exact) mass is 267 g/mol. The quantitative estimate of drug-likeness (QED) is 0.912. The molecule has 2 nitrogen and oxygen atoms in total. The molecule has 2 heteroatoms. The van der Waals surface area contributed by atoms with E-state index in [1.807, 2.05) is 6.07 Å². The highest BCUT2D eigenvalue weighted by Gasteiger charge is 2.19. The van der Waals surface area contributed by atoms with Gasteiger partial charge in [-0.05, 0) is 48.9 Å². The molecular weight excluding hydrogens is 246 g/mol. The van der Waals surface area contributed by atoms with Crippen LogP contribution in [0.15, 0.2) is 54.6 Å². The SMILES string of the molecule is NC1CCC(Oc2ccc(-c3ccccc3)cc2)CC1. The zero-order valence-corrected chi connectivity index (χ0v) is 11.7. The smallest absolute Gasteiger partial charge is 0.119 e. The Labute approximate surface area is 120 Å². The minimum atomic E-state index is 0.331. The Morgan fingerprint density at radius 3 is 2.00 bits per heavy atom. The summed E-state index contributed by atoms with van der Waals surface area (Å²) >= 11 is 0. The molecular formula is C18H21NO. The second-order valence-electron chi connectivity index (χ2n) is 5.55. The lowest BCUT2D eigenvalue weighted by molar-refractivity contribution is 0.147. The Morgan fingerprint density at radius 2 is 1.35 bits per heavy atom. The lowest BCUT2D eigenvalue weighted by Crippen LogP contribution is -2.31. The largest absolute Gasteiger partial charge is 0.490 e. The van der Waals surface area contributed by atoms with Gasteiger partial charge in [0.2, 0.25) is 0 Å². The summed E-state index contributed by atoms with van der Waals surface area (Å²) < 4.78 is 6.04. The molecule has 0 spiro atoms. The number of benzene rings is 2. The van der Waals surface area contributed by atoms with Crippen molar-refractivity contribution in [2.75, 3.05) is 0 Å². The van der Waals surface area contributed by atoms with Gasteiger partial charge in [-0.2, -0.15) is 0 Å². The van der Waals surface area contributed by atoms with E-state index in [-0.39, 0.29) is 0 Å². The van der Waals surface area contributed by atoms with E-state index >= 15 is 0 Å². The van der Waals surface area contributed by atoms with Gasteiger partial charge in [-0.25, -0.2) is 0 Å². The molecule has 1 fully saturated rings. The van der Waals surface area contributed by atoms with Crippen LogP contribution in [0.3, 0.4) is 0 Å². The molecule has 0 aromatic heterocycles. The molecule has 20 heavy (non-hydrogen) atoms. The van der Waals surface area contributed by atoms with Gasteiger partial charge in [-0.3, -0.25) is 0 Å². The molecule has 1 aliphatic rings. The van der Waals surface area contributed by atoms with Crippen molar-refractivity contribution < 1.29 is 4.74 Å². The number of hydrogen-bond donors (Lipinski definition) is 1. The third-order valence-electron chi connectivity index (χ3n) is 3.98.